The quantitative estimate of drug-likeness (QED) is 0.495. The molecule has 0 aliphatic carbocycles. The summed E-state index contributed by atoms with van der Waals surface area (Å²) in [5.74, 6) is 1.85. The molecule has 2 aromatic heterocycles. The minimum absolute atomic E-state index is 0.328. The second-order valence-electron chi connectivity index (χ2n) is 6.75. The molecule has 1 saturated heterocycles. The molecule has 1 aliphatic rings. The number of para-hydroxylation sites is 2. The van der Waals surface area contributed by atoms with Gasteiger partial charge in [-0.05, 0) is 30.5 Å². The standard InChI is InChI=1S/C21H25N5O2S/c1-2-22-21(23-14-16-15-28-20(24-16)19-8-5-13-29-19)26-11-9-25(10-12-26)17-6-3-4-7-18(17)27/h3-8,13,15,27H,2,9-12,14H2,1H3,(H,22,23). The zero-order valence-electron chi connectivity index (χ0n) is 16.4. The molecule has 29 heavy (non-hydrogen) atoms. The maximum Gasteiger partial charge on any atom is 0.236 e. The number of aromatic nitrogens is 1. The minimum Gasteiger partial charge on any atom is -0.506 e. The lowest BCUT2D eigenvalue weighted by Crippen LogP contribution is -2.52. The number of nitrogens with zero attached hydrogens (tertiary/aromatic N) is 4. The number of phenolic OH excluding ortho intramolecular Hbond substituents is 1. The van der Waals surface area contributed by atoms with Crippen LogP contribution in [0.1, 0.15) is 12.6 Å². The summed E-state index contributed by atoms with van der Waals surface area (Å²) in [4.78, 5) is 14.8. The molecule has 0 atom stereocenters. The Labute approximate surface area is 174 Å². The van der Waals surface area contributed by atoms with Crippen LogP contribution in [0.3, 0.4) is 0 Å². The van der Waals surface area contributed by atoms with Gasteiger partial charge in [0.1, 0.15) is 17.7 Å². The monoisotopic (exact) mass is 411 g/mol. The highest BCUT2D eigenvalue weighted by Gasteiger charge is 2.21. The number of oxazole rings is 1. The van der Waals surface area contributed by atoms with E-state index in [1.807, 2.05) is 35.7 Å². The third-order valence-electron chi connectivity index (χ3n) is 4.81. The number of aliphatic imine (C=N–C) groups is 1. The van der Waals surface area contributed by atoms with Crippen LogP contribution in [0.15, 0.2) is 57.5 Å². The lowest BCUT2D eigenvalue weighted by atomic mass is 10.2. The smallest absolute Gasteiger partial charge is 0.236 e. The van der Waals surface area contributed by atoms with E-state index in [1.165, 1.54) is 0 Å². The Bertz CT molecular complexity index is 946. The first kappa shape index (κ1) is 19.3. The van der Waals surface area contributed by atoms with Crippen molar-refractivity contribution in [2.45, 2.75) is 13.5 Å². The Morgan fingerprint density at radius 1 is 1.21 bits per heavy atom. The Balaban J connectivity index is 1.40. The molecule has 3 heterocycles. The van der Waals surface area contributed by atoms with Crippen molar-refractivity contribution in [3.05, 3.63) is 53.7 Å². The van der Waals surface area contributed by atoms with Gasteiger partial charge in [-0.2, -0.15) is 0 Å². The Hall–Kier alpha value is -3.00. The summed E-state index contributed by atoms with van der Waals surface area (Å²) in [6, 6.07) is 11.5. The largest absolute Gasteiger partial charge is 0.506 e. The van der Waals surface area contributed by atoms with Gasteiger partial charge in [0.15, 0.2) is 5.96 Å². The number of aromatic hydroxyl groups is 1. The van der Waals surface area contributed by atoms with Gasteiger partial charge in [0.05, 0.1) is 17.1 Å². The van der Waals surface area contributed by atoms with Crippen LogP contribution in [0.2, 0.25) is 0 Å². The number of hydrogen-bond acceptors (Lipinski definition) is 6. The van der Waals surface area contributed by atoms with E-state index in [4.69, 9.17) is 9.41 Å². The molecule has 152 valence electrons. The van der Waals surface area contributed by atoms with Crippen LogP contribution in [0.5, 0.6) is 5.75 Å². The molecule has 1 aromatic carbocycles. The number of thiophene rings is 1. The number of guanidine groups is 1. The molecule has 0 spiro atoms. The van der Waals surface area contributed by atoms with Gasteiger partial charge in [-0.25, -0.2) is 9.98 Å². The van der Waals surface area contributed by atoms with Crippen molar-refractivity contribution >= 4 is 23.0 Å². The van der Waals surface area contributed by atoms with Gasteiger partial charge in [-0.15, -0.1) is 11.3 Å². The molecule has 0 unspecified atom stereocenters. The molecule has 0 amide bonds. The summed E-state index contributed by atoms with van der Waals surface area (Å²) in [7, 11) is 0. The third-order valence-corrected chi connectivity index (χ3v) is 5.67. The number of phenols is 1. The van der Waals surface area contributed by atoms with Crippen LogP contribution in [0, 0.1) is 0 Å². The maximum absolute atomic E-state index is 10.1. The van der Waals surface area contributed by atoms with Crippen molar-refractivity contribution in [2.75, 3.05) is 37.6 Å². The molecular weight excluding hydrogens is 386 g/mol. The van der Waals surface area contributed by atoms with Crippen molar-refractivity contribution in [1.29, 1.82) is 0 Å². The lowest BCUT2D eigenvalue weighted by molar-refractivity contribution is 0.369. The summed E-state index contributed by atoms with van der Waals surface area (Å²) in [5.41, 5.74) is 1.70. The summed E-state index contributed by atoms with van der Waals surface area (Å²) >= 11 is 1.61. The highest BCUT2D eigenvalue weighted by Crippen LogP contribution is 2.27. The van der Waals surface area contributed by atoms with Crippen LogP contribution >= 0.6 is 11.3 Å². The number of benzene rings is 1. The van der Waals surface area contributed by atoms with Crippen LogP contribution < -0.4 is 10.2 Å². The van der Waals surface area contributed by atoms with Gasteiger partial charge < -0.3 is 24.6 Å². The molecule has 4 rings (SSSR count). The molecule has 3 aromatic rings. The fraction of sp³-hybridized carbons (Fsp3) is 0.333. The molecule has 7 nitrogen and oxygen atoms in total. The summed E-state index contributed by atoms with van der Waals surface area (Å²) in [5, 5.41) is 15.5. The fourth-order valence-corrected chi connectivity index (χ4v) is 4.02. The number of rotatable bonds is 5. The van der Waals surface area contributed by atoms with Crippen molar-refractivity contribution in [2.24, 2.45) is 4.99 Å². The number of nitrogens with one attached hydrogen (secondary N) is 1. The average molecular weight is 412 g/mol. The van der Waals surface area contributed by atoms with E-state index >= 15 is 0 Å². The van der Waals surface area contributed by atoms with Gasteiger partial charge in [0, 0.05) is 32.7 Å². The Morgan fingerprint density at radius 2 is 2.03 bits per heavy atom. The highest BCUT2D eigenvalue weighted by atomic mass is 32.1. The van der Waals surface area contributed by atoms with Crippen LogP contribution in [-0.4, -0.2) is 53.7 Å². The molecule has 0 radical (unpaired) electrons. The molecule has 2 N–H and O–H groups in total. The molecule has 0 bridgehead atoms. The van der Waals surface area contributed by atoms with E-state index in [0.29, 0.717) is 18.2 Å². The van der Waals surface area contributed by atoms with Gasteiger partial charge in [-0.3, -0.25) is 0 Å². The second kappa shape index (κ2) is 9.00. The third kappa shape index (κ3) is 4.54. The Morgan fingerprint density at radius 3 is 2.76 bits per heavy atom. The van der Waals surface area contributed by atoms with E-state index < -0.39 is 0 Å². The Kier molecular flexibility index (Phi) is 6.00. The van der Waals surface area contributed by atoms with Crippen LogP contribution in [0.4, 0.5) is 5.69 Å². The highest BCUT2D eigenvalue weighted by molar-refractivity contribution is 7.13. The summed E-state index contributed by atoms with van der Waals surface area (Å²) in [6.45, 7) is 6.66. The molecule has 8 heteroatoms. The van der Waals surface area contributed by atoms with Gasteiger partial charge >= 0.3 is 0 Å². The minimum atomic E-state index is 0.328. The number of hydrogen-bond donors (Lipinski definition) is 2. The van der Waals surface area contributed by atoms with Crippen molar-refractivity contribution in [3.8, 4) is 16.5 Å². The second-order valence-corrected chi connectivity index (χ2v) is 7.70. The zero-order chi connectivity index (χ0) is 20.1. The van der Waals surface area contributed by atoms with E-state index in [-0.39, 0.29) is 0 Å². The summed E-state index contributed by atoms with van der Waals surface area (Å²) < 4.78 is 5.59. The zero-order valence-corrected chi connectivity index (χ0v) is 17.2. The van der Waals surface area contributed by atoms with Crippen molar-refractivity contribution < 1.29 is 9.52 Å². The molecule has 0 saturated carbocycles. The average Bonchev–Trinajstić information content (AvgIpc) is 3.43. The molecular formula is C21H25N5O2S. The summed E-state index contributed by atoms with van der Waals surface area (Å²) in [6.07, 6.45) is 1.68. The molecule has 1 aliphatic heterocycles. The molecule has 1 fully saturated rings. The predicted molar refractivity (Wildman–Crippen MR) is 117 cm³/mol. The van der Waals surface area contributed by atoms with Gasteiger partial charge in [0.25, 0.3) is 0 Å². The van der Waals surface area contributed by atoms with E-state index in [1.54, 1.807) is 23.7 Å². The van der Waals surface area contributed by atoms with E-state index in [2.05, 4.69) is 27.0 Å². The fourth-order valence-electron chi connectivity index (χ4n) is 3.37. The van der Waals surface area contributed by atoms with Crippen LogP contribution in [0.25, 0.3) is 10.8 Å². The van der Waals surface area contributed by atoms with Gasteiger partial charge in [0.2, 0.25) is 5.89 Å². The first-order chi connectivity index (χ1) is 14.2. The van der Waals surface area contributed by atoms with Crippen molar-refractivity contribution in [1.82, 2.24) is 15.2 Å². The first-order valence-electron chi connectivity index (χ1n) is 9.79. The predicted octanol–water partition coefficient (Wildman–Crippen LogP) is 3.40. The van der Waals surface area contributed by atoms with Crippen molar-refractivity contribution in [3.63, 3.8) is 0 Å². The SMILES string of the molecule is CCNC(=NCc1coc(-c2cccs2)n1)N1CCN(c2ccccc2O)CC1. The number of anilines is 1. The van der Waals surface area contributed by atoms with E-state index in [9.17, 15) is 5.11 Å². The number of piperazine rings is 1. The normalized spacial score (nSPS) is 15.0. The van der Waals surface area contributed by atoms with Crippen LogP contribution in [-0.2, 0) is 6.54 Å². The van der Waals surface area contributed by atoms with Gasteiger partial charge in [-0.1, -0.05) is 18.2 Å². The first-order valence-corrected chi connectivity index (χ1v) is 10.7. The topological polar surface area (TPSA) is 77.1 Å². The maximum atomic E-state index is 10.1. The van der Waals surface area contributed by atoms with E-state index in [0.717, 1.165) is 54.9 Å². The lowest BCUT2D eigenvalue weighted by Gasteiger charge is -2.37.